The van der Waals surface area contributed by atoms with Gasteiger partial charge in [0.25, 0.3) is 0 Å². The average Bonchev–Trinajstić information content (AvgIpc) is 3.35. The number of fused-ring (bicyclic) bond motifs is 1. The number of rotatable bonds is 7. The lowest BCUT2D eigenvalue weighted by Gasteiger charge is -2.39. The van der Waals surface area contributed by atoms with Gasteiger partial charge in [-0.25, -0.2) is 0 Å². The Balaban J connectivity index is 1.74. The molecule has 0 radical (unpaired) electrons. The minimum absolute atomic E-state index is 0.0499. The summed E-state index contributed by atoms with van der Waals surface area (Å²) in [5, 5.41) is 3.79. The van der Waals surface area contributed by atoms with Gasteiger partial charge in [0, 0.05) is 6.54 Å². The van der Waals surface area contributed by atoms with Crippen molar-refractivity contribution in [1.29, 1.82) is 0 Å². The molecular weight excluding hydrogens is 260 g/mol. The Morgan fingerprint density at radius 1 is 1.38 bits per heavy atom. The van der Waals surface area contributed by atoms with Gasteiger partial charge in [0.15, 0.2) is 0 Å². The van der Waals surface area contributed by atoms with Crippen molar-refractivity contribution in [2.45, 2.75) is 50.5 Å². The predicted octanol–water partition coefficient (Wildman–Crippen LogP) is 2.97. The minimum Gasteiger partial charge on any atom is -0.497 e. The van der Waals surface area contributed by atoms with Crippen LogP contribution < -0.4 is 15.8 Å². The van der Waals surface area contributed by atoms with E-state index in [0.717, 1.165) is 31.1 Å². The standard InChI is InChI=1S/C18H28N2O/c1-21-16-9-8-15-5-2-10-18(13-19,17(15)12-16)20-11-3-4-14-6-7-14/h8-9,12,14,20H,2-7,10-11,13,19H2,1H3. The Kier molecular flexibility index (Phi) is 4.51. The molecule has 0 saturated heterocycles. The quantitative estimate of drug-likeness (QED) is 0.758. The molecule has 0 spiro atoms. The molecule has 3 nitrogen and oxygen atoms in total. The van der Waals surface area contributed by atoms with Crippen LogP contribution in [0.5, 0.6) is 5.75 Å². The van der Waals surface area contributed by atoms with Gasteiger partial charge in [0.2, 0.25) is 0 Å². The van der Waals surface area contributed by atoms with Crippen molar-refractivity contribution in [2.75, 3.05) is 20.2 Å². The van der Waals surface area contributed by atoms with Crippen LogP contribution in [0.3, 0.4) is 0 Å². The molecule has 21 heavy (non-hydrogen) atoms. The lowest BCUT2D eigenvalue weighted by molar-refractivity contribution is 0.288. The van der Waals surface area contributed by atoms with Gasteiger partial charge in [-0.3, -0.25) is 0 Å². The number of methoxy groups -OCH3 is 1. The number of aryl methyl sites for hydroxylation is 1. The highest BCUT2D eigenvalue weighted by Crippen LogP contribution is 2.37. The van der Waals surface area contributed by atoms with E-state index in [2.05, 4.69) is 23.5 Å². The molecule has 1 aromatic rings. The van der Waals surface area contributed by atoms with Gasteiger partial charge in [-0.2, -0.15) is 0 Å². The van der Waals surface area contributed by atoms with Crippen molar-refractivity contribution >= 4 is 0 Å². The molecule has 0 aromatic heterocycles. The molecule has 3 N–H and O–H groups in total. The summed E-state index contributed by atoms with van der Waals surface area (Å²) in [6.45, 7) is 1.74. The topological polar surface area (TPSA) is 47.3 Å². The fourth-order valence-electron chi connectivity index (χ4n) is 3.65. The first-order valence-electron chi connectivity index (χ1n) is 8.40. The van der Waals surface area contributed by atoms with E-state index in [-0.39, 0.29) is 5.54 Å². The van der Waals surface area contributed by atoms with Crippen molar-refractivity contribution in [2.24, 2.45) is 11.7 Å². The van der Waals surface area contributed by atoms with Crippen LogP contribution in [0.25, 0.3) is 0 Å². The Hall–Kier alpha value is -1.06. The number of hydrogen-bond donors (Lipinski definition) is 2. The van der Waals surface area contributed by atoms with Gasteiger partial charge >= 0.3 is 0 Å². The van der Waals surface area contributed by atoms with Crippen LogP contribution in [0.15, 0.2) is 18.2 Å². The van der Waals surface area contributed by atoms with Gasteiger partial charge in [-0.1, -0.05) is 18.9 Å². The lowest BCUT2D eigenvalue weighted by atomic mass is 9.76. The molecule has 116 valence electrons. The van der Waals surface area contributed by atoms with Crippen molar-refractivity contribution in [3.63, 3.8) is 0 Å². The zero-order valence-corrected chi connectivity index (χ0v) is 13.2. The summed E-state index contributed by atoms with van der Waals surface area (Å²) in [6, 6.07) is 6.47. The second-order valence-electron chi connectivity index (χ2n) is 6.68. The van der Waals surface area contributed by atoms with Gasteiger partial charge in [-0.15, -0.1) is 0 Å². The number of nitrogens with one attached hydrogen (secondary N) is 1. The molecule has 2 aliphatic rings. The Morgan fingerprint density at radius 2 is 2.24 bits per heavy atom. The Bertz CT molecular complexity index is 484. The predicted molar refractivity (Wildman–Crippen MR) is 86.6 cm³/mol. The highest BCUT2D eigenvalue weighted by atomic mass is 16.5. The zero-order valence-electron chi connectivity index (χ0n) is 13.2. The molecule has 0 bridgehead atoms. The molecule has 1 atom stereocenters. The third-order valence-corrected chi connectivity index (χ3v) is 5.18. The summed E-state index contributed by atoms with van der Waals surface area (Å²) < 4.78 is 5.41. The largest absolute Gasteiger partial charge is 0.497 e. The maximum atomic E-state index is 6.20. The fourth-order valence-corrected chi connectivity index (χ4v) is 3.65. The van der Waals surface area contributed by atoms with E-state index in [1.807, 2.05) is 0 Å². The average molecular weight is 288 g/mol. The molecule has 3 heteroatoms. The molecule has 2 aliphatic carbocycles. The van der Waals surface area contributed by atoms with Gasteiger partial charge in [0.1, 0.15) is 5.75 Å². The summed E-state index contributed by atoms with van der Waals surface area (Å²) >= 11 is 0. The second kappa shape index (κ2) is 6.37. The van der Waals surface area contributed by atoms with Crippen molar-refractivity contribution in [3.8, 4) is 5.75 Å². The van der Waals surface area contributed by atoms with Crippen LogP contribution in [-0.4, -0.2) is 20.2 Å². The van der Waals surface area contributed by atoms with Crippen LogP contribution in [0.4, 0.5) is 0 Å². The molecular formula is C18H28N2O. The maximum absolute atomic E-state index is 6.20. The van der Waals surface area contributed by atoms with E-state index >= 15 is 0 Å². The van der Waals surface area contributed by atoms with Crippen LogP contribution in [-0.2, 0) is 12.0 Å². The Morgan fingerprint density at radius 3 is 2.95 bits per heavy atom. The van der Waals surface area contributed by atoms with Gasteiger partial charge in [0.05, 0.1) is 12.6 Å². The van der Waals surface area contributed by atoms with Gasteiger partial charge in [-0.05, 0) is 67.8 Å². The first-order valence-corrected chi connectivity index (χ1v) is 8.40. The summed E-state index contributed by atoms with van der Waals surface area (Å²) in [5.41, 5.74) is 8.94. The third-order valence-electron chi connectivity index (χ3n) is 5.18. The molecule has 1 aromatic carbocycles. The van der Waals surface area contributed by atoms with E-state index < -0.39 is 0 Å². The van der Waals surface area contributed by atoms with Crippen molar-refractivity contribution in [3.05, 3.63) is 29.3 Å². The van der Waals surface area contributed by atoms with Crippen molar-refractivity contribution < 1.29 is 4.74 Å². The number of hydrogen-bond acceptors (Lipinski definition) is 3. The van der Waals surface area contributed by atoms with Crippen LogP contribution in [0.2, 0.25) is 0 Å². The van der Waals surface area contributed by atoms with E-state index in [1.54, 1.807) is 7.11 Å². The van der Waals surface area contributed by atoms with Crippen LogP contribution in [0, 0.1) is 5.92 Å². The summed E-state index contributed by atoms with van der Waals surface area (Å²) in [6.07, 6.45) is 9.04. The third kappa shape index (κ3) is 3.24. The van der Waals surface area contributed by atoms with E-state index in [1.165, 1.54) is 43.2 Å². The smallest absolute Gasteiger partial charge is 0.119 e. The summed E-state index contributed by atoms with van der Waals surface area (Å²) in [4.78, 5) is 0. The van der Waals surface area contributed by atoms with Crippen LogP contribution in [0.1, 0.15) is 49.7 Å². The van der Waals surface area contributed by atoms with E-state index in [9.17, 15) is 0 Å². The number of ether oxygens (including phenoxy) is 1. The normalized spacial score (nSPS) is 24.7. The van der Waals surface area contributed by atoms with Crippen molar-refractivity contribution in [1.82, 2.24) is 5.32 Å². The van der Waals surface area contributed by atoms with Gasteiger partial charge < -0.3 is 15.8 Å². The van der Waals surface area contributed by atoms with E-state index in [4.69, 9.17) is 10.5 Å². The van der Waals surface area contributed by atoms with Crippen LogP contribution >= 0.6 is 0 Å². The number of benzene rings is 1. The molecule has 0 aliphatic heterocycles. The minimum atomic E-state index is -0.0499. The number of nitrogens with two attached hydrogens (primary N) is 1. The Labute approximate surface area is 128 Å². The molecule has 3 rings (SSSR count). The fraction of sp³-hybridized carbons (Fsp3) is 0.667. The second-order valence-corrected chi connectivity index (χ2v) is 6.68. The summed E-state index contributed by atoms with van der Waals surface area (Å²) in [5.74, 6) is 1.95. The van der Waals surface area contributed by atoms with E-state index in [0.29, 0.717) is 6.54 Å². The highest BCUT2D eigenvalue weighted by Gasteiger charge is 2.35. The molecule has 0 amide bonds. The first kappa shape index (κ1) is 14.9. The SMILES string of the molecule is COc1ccc2c(c1)C(CN)(NCCCC1CC1)CCC2. The summed E-state index contributed by atoms with van der Waals surface area (Å²) in [7, 11) is 1.73. The molecule has 1 fully saturated rings. The maximum Gasteiger partial charge on any atom is 0.119 e. The monoisotopic (exact) mass is 288 g/mol. The first-order chi connectivity index (χ1) is 10.3. The highest BCUT2D eigenvalue weighted by molar-refractivity contribution is 5.42. The zero-order chi connectivity index (χ0) is 14.7. The lowest BCUT2D eigenvalue weighted by Crippen LogP contribution is -2.50. The molecule has 0 heterocycles. The molecule has 1 unspecified atom stereocenters. The molecule has 1 saturated carbocycles.